The number of rotatable bonds is 7. The molecule has 7 nitrogen and oxygen atoms in total. The highest BCUT2D eigenvalue weighted by molar-refractivity contribution is 14.0. The molecule has 9 heteroatoms. The number of guanidine groups is 1. The lowest BCUT2D eigenvalue weighted by Crippen LogP contribution is -2.36. The lowest BCUT2D eigenvalue weighted by atomic mass is 10.1. The normalized spacial score (nSPS) is 14.7. The van der Waals surface area contributed by atoms with Crippen molar-refractivity contribution in [3.05, 3.63) is 59.2 Å². The Kier molecular flexibility index (Phi) is 9.57. The molecular weight excluding hydrogens is 527 g/mol. The number of benzene rings is 2. The average molecular weight is 558 g/mol. The number of ether oxygens (including phenoxy) is 1. The topological polar surface area (TPSA) is 83.0 Å². The molecule has 0 bridgehead atoms. The summed E-state index contributed by atoms with van der Waals surface area (Å²) in [4.78, 5) is 4.60. The van der Waals surface area contributed by atoms with Gasteiger partial charge >= 0.3 is 0 Å². The van der Waals surface area contributed by atoms with Gasteiger partial charge in [0.1, 0.15) is 5.75 Å². The Balaban J connectivity index is 0.00000341. The second kappa shape index (κ2) is 11.7. The fourth-order valence-electron chi connectivity index (χ4n) is 3.44. The van der Waals surface area contributed by atoms with Crippen molar-refractivity contribution in [1.82, 2.24) is 14.9 Å². The predicted octanol–water partition coefficient (Wildman–Crippen LogP) is 3.27. The van der Waals surface area contributed by atoms with Gasteiger partial charge in [-0.3, -0.25) is 4.99 Å². The van der Waals surface area contributed by atoms with Crippen molar-refractivity contribution in [1.29, 1.82) is 0 Å². The lowest BCUT2D eigenvalue weighted by Gasteiger charge is -2.16. The van der Waals surface area contributed by atoms with Crippen molar-refractivity contribution in [2.75, 3.05) is 27.2 Å². The summed E-state index contributed by atoms with van der Waals surface area (Å²) in [5, 5.41) is 6.54. The number of aliphatic imine (C=N–C) groups is 1. The number of hydrogen-bond acceptors (Lipinski definition) is 4. The van der Waals surface area contributed by atoms with Crippen molar-refractivity contribution < 1.29 is 13.2 Å². The molecule has 2 N–H and O–H groups in total. The maximum absolute atomic E-state index is 12.6. The van der Waals surface area contributed by atoms with E-state index in [0.717, 1.165) is 35.3 Å². The number of methoxy groups -OCH3 is 1. The van der Waals surface area contributed by atoms with Crippen LogP contribution in [-0.2, 0) is 23.1 Å². The molecule has 0 atom stereocenters. The molecule has 0 radical (unpaired) electrons. The maximum atomic E-state index is 12.6. The first-order chi connectivity index (χ1) is 14.4. The van der Waals surface area contributed by atoms with E-state index in [0.29, 0.717) is 37.0 Å². The van der Waals surface area contributed by atoms with Crippen LogP contribution < -0.4 is 15.4 Å². The molecule has 1 aliphatic heterocycles. The van der Waals surface area contributed by atoms with Crippen molar-refractivity contribution in [2.45, 2.75) is 37.8 Å². The highest BCUT2D eigenvalue weighted by Crippen LogP contribution is 2.21. The number of sulfonamides is 1. The first-order valence-corrected chi connectivity index (χ1v) is 11.5. The van der Waals surface area contributed by atoms with E-state index in [4.69, 9.17) is 4.74 Å². The molecule has 0 unspecified atom stereocenters. The number of nitrogens with zero attached hydrogens (tertiary/aromatic N) is 2. The Morgan fingerprint density at radius 3 is 2.32 bits per heavy atom. The fourth-order valence-corrected chi connectivity index (χ4v) is 4.96. The van der Waals surface area contributed by atoms with Crippen LogP contribution in [0.4, 0.5) is 0 Å². The van der Waals surface area contributed by atoms with E-state index in [1.165, 1.54) is 0 Å². The molecule has 170 valence electrons. The molecule has 1 fully saturated rings. The van der Waals surface area contributed by atoms with Crippen LogP contribution in [0.5, 0.6) is 5.75 Å². The highest BCUT2D eigenvalue weighted by atomic mass is 127. The molecule has 1 saturated heterocycles. The van der Waals surface area contributed by atoms with E-state index in [2.05, 4.69) is 15.6 Å². The Bertz CT molecular complexity index is 988. The molecule has 2 aromatic rings. The summed E-state index contributed by atoms with van der Waals surface area (Å²) in [6.07, 6.45) is 1.86. The first-order valence-electron chi connectivity index (χ1n) is 10.1. The van der Waals surface area contributed by atoms with E-state index in [1.54, 1.807) is 30.6 Å². The van der Waals surface area contributed by atoms with E-state index < -0.39 is 10.0 Å². The van der Waals surface area contributed by atoms with Crippen LogP contribution in [0.3, 0.4) is 0 Å². The van der Waals surface area contributed by atoms with Gasteiger partial charge in [0.15, 0.2) is 5.96 Å². The zero-order chi connectivity index (χ0) is 21.6. The minimum Gasteiger partial charge on any atom is -0.496 e. The maximum Gasteiger partial charge on any atom is 0.243 e. The molecule has 31 heavy (non-hydrogen) atoms. The van der Waals surface area contributed by atoms with Gasteiger partial charge in [0.05, 0.1) is 12.0 Å². The molecule has 0 saturated carbocycles. The SMILES string of the molecule is CN=C(NCc1ccc(S(=O)(=O)N2CCCC2)cc1)NCc1ccc(C)cc1OC.I. The highest BCUT2D eigenvalue weighted by Gasteiger charge is 2.26. The molecule has 1 aliphatic rings. The van der Waals surface area contributed by atoms with Gasteiger partial charge in [-0.25, -0.2) is 8.42 Å². The minimum absolute atomic E-state index is 0. The van der Waals surface area contributed by atoms with Crippen LogP contribution >= 0.6 is 24.0 Å². The summed E-state index contributed by atoms with van der Waals surface area (Å²) in [7, 11) is 0.00590. The minimum atomic E-state index is -3.38. The van der Waals surface area contributed by atoms with Gasteiger partial charge in [-0.2, -0.15) is 4.31 Å². The second-order valence-electron chi connectivity index (χ2n) is 7.35. The van der Waals surface area contributed by atoms with Gasteiger partial charge in [0.25, 0.3) is 0 Å². The van der Waals surface area contributed by atoms with E-state index in [-0.39, 0.29) is 24.0 Å². The van der Waals surface area contributed by atoms with Crippen molar-refractivity contribution in [3.8, 4) is 5.75 Å². The third-order valence-electron chi connectivity index (χ3n) is 5.20. The molecule has 1 heterocycles. The zero-order valence-electron chi connectivity index (χ0n) is 18.2. The molecule has 3 rings (SSSR count). The molecule has 0 aromatic heterocycles. The quantitative estimate of drug-likeness (QED) is 0.310. The molecular formula is C22H31IN4O3S. The van der Waals surface area contributed by atoms with Gasteiger partial charge in [-0.1, -0.05) is 24.3 Å². The van der Waals surface area contributed by atoms with E-state index >= 15 is 0 Å². The average Bonchev–Trinajstić information content (AvgIpc) is 3.31. The largest absolute Gasteiger partial charge is 0.496 e. The Hall–Kier alpha value is -1.85. The van der Waals surface area contributed by atoms with Gasteiger partial charge in [-0.15, -0.1) is 24.0 Å². The van der Waals surface area contributed by atoms with E-state index in [9.17, 15) is 8.42 Å². The Morgan fingerprint density at radius 1 is 1.06 bits per heavy atom. The van der Waals surface area contributed by atoms with Gasteiger partial charge < -0.3 is 15.4 Å². The van der Waals surface area contributed by atoms with Crippen LogP contribution in [0.1, 0.15) is 29.5 Å². The summed E-state index contributed by atoms with van der Waals surface area (Å²) in [6, 6.07) is 13.1. The number of halogens is 1. The smallest absolute Gasteiger partial charge is 0.243 e. The third kappa shape index (κ3) is 6.56. The summed E-state index contributed by atoms with van der Waals surface area (Å²) in [5.74, 6) is 1.50. The molecule has 0 spiro atoms. The molecule has 2 aromatic carbocycles. The first kappa shape index (κ1) is 25.4. The van der Waals surface area contributed by atoms with Crippen LogP contribution in [-0.4, -0.2) is 45.9 Å². The van der Waals surface area contributed by atoms with E-state index in [1.807, 2.05) is 37.3 Å². The number of aryl methyl sites for hydroxylation is 1. The molecule has 0 amide bonds. The van der Waals surface area contributed by atoms with Crippen LogP contribution in [0, 0.1) is 6.92 Å². The third-order valence-corrected chi connectivity index (χ3v) is 7.11. The van der Waals surface area contributed by atoms with Crippen molar-refractivity contribution >= 4 is 40.0 Å². The zero-order valence-corrected chi connectivity index (χ0v) is 21.4. The summed E-state index contributed by atoms with van der Waals surface area (Å²) >= 11 is 0. The van der Waals surface area contributed by atoms with Crippen molar-refractivity contribution in [2.24, 2.45) is 4.99 Å². The van der Waals surface area contributed by atoms with Crippen LogP contribution in [0.15, 0.2) is 52.4 Å². The second-order valence-corrected chi connectivity index (χ2v) is 9.29. The van der Waals surface area contributed by atoms with Crippen molar-refractivity contribution in [3.63, 3.8) is 0 Å². The van der Waals surface area contributed by atoms with Crippen LogP contribution in [0.25, 0.3) is 0 Å². The van der Waals surface area contributed by atoms with Gasteiger partial charge in [0, 0.05) is 38.8 Å². The van der Waals surface area contributed by atoms with Gasteiger partial charge in [0.2, 0.25) is 10.0 Å². The fraction of sp³-hybridized carbons (Fsp3) is 0.409. The standard InChI is InChI=1S/C22H30N4O3S.HI/c1-17-6-9-19(21(14-17)29-3)16-25-22(23-2)24-15-18-7-10-20(11-8-18)30(27,28)26-12-4-5-13-26;/h6-11,14H,4-5,12-13,15-16H2,1-3H3,(H2,23,24,25);1H. The molecule has 0 aliphatic carbocycles. The van der Waals surface area contributed by atoms with Gasteiger partial charge in [-0.05, 0) is 49.1 Å². The van der Waals surface area contributed by atoms with Crippen LogP contribution in [0.2, 0.25) is 0 Å². The number of hydrogen-bond donors (Lipinski definition) is 2. The summed E-state index contributed by atoms with van der Waals surface area (Å²) < 4.78 is 32.2. The Labute approximate surface area is 202 Å². The number of nitrogens with one attached hydrogen (secondary N) is 2. The monoisotopic (exact) mass is 558 g/mol. The summed E-state index contributed by atoms with van der Waals surface area (Å²) in [5.41, 5.74) is 3.17. The predicted molar refractivity (Wildman–Crippen MR) is 135 cm³/mol. The Morgan fingerprint density at radius 2 is 1.71 bits per heavy atom. The summed E-state index contributed by atoms with van der Waals surface area (Å²) in [6.45, 7) is 4.37. The lowest BCUT2D eigenvalue weighted by molar-refractivity contribution is 0.408.